The van der Waals surface area contributed by atoms with Crippen molar-refractivity contribution in [1.29, 1.82) is 0 Å². The second kappa shape index (κ2) is 6.18. The first-order valence-corrected chi connectivity index (χ1v) is 6.87. The fraction of sp³-hybridized carbons (Fsp3) is 0.750. The number of hydrogen-bond acceptors (Lipinski definition) is 5. The van der Waals surface area contributed by atoms with E-state index in [1.807, 2.05) is 7.05 Å². The molecule has 2 rings (SSSR count). The van der Waals surface area contributed by atoms with Gasteiger partial charge in [0.05, 0.1) is 0 Å². The van der Waals surface area contributed by atoms with Crippen LogP contribution < -0.4 is 10.2 Å². The summed E-state index contributed by atoms with van der Waals surface area (Å²) in [5.41, 5.74) is 0. The maximum atomic E-state index is 5.89. The van der Waals surface area contributed by atoms with Gasteiger partial charge in [0.1, 0.15) is 0 Å². The minimum atomic E-state index is 0.236. The van der Waals surface area contributed by atoms with E-state index in [4.69, 9.17) is 11.6 Å². The van der Waals surface area contributed by atoms with Gasteiger partial charge in [-0.05, 0) is 30.4 Å². The van der Waals surface area contributed by atoms with Crippen molar-refractivity contribution in [2.75, 3.05) is 30.9 Å². The maximum Gasteiger partial charge on any atom is 0.231 e. The molecule has 0 radical (unpaired) electrons. The first kappa shape index (κ1) is 13.3. The van der Waals surface area contributed by atoms with Crippen LogP contribution in [0.5, 0.6) is 0 Å². The Morgan fingerprint density at radius 2 is 1.94 bits per heavy atom. The molecule has 0 amide bonds. The van der Waals surface area contributed by atoms with E-state index in [-0.39, 0.29) is 5.28 Å². The topological polar surface area (TPSA) is 53.9 Å². The minimum absolute atomic E-state index is 0.236. The average Bonchev–Trinajstić information content (AvgIpc) is 2.39. The lowest BCUT2D eigenvalue weighted by Crippen LogP contribution is -2.28. The van der Waals surface area contributed by atoms with Crippen LogP contribution in [0.3, 0.4) is 0 Å². The van der Waals surface area contributed by atoms with E-state index in [0.29, 0.717) is 11.9 Å². The number of aromatic nitrogens is 3. The molecule has 1 fully saturated rings. The number of halogens is 1. The quantitative estimate of drug-likeness (QED) is 0.911. The summed E-state index contributed by atoms with van der Waals surface area (Å²) >= 11 is 5.89. The monoisotopic (exact) mass is 269 g/mol. The van der Waals surface area contributed by atoms with E-state index >= 15 is 0 Å². The summed E-state index contributed by atoms with van der Waals surface area (Å²) in [6.45, 7) is 0.990. The normalized spacial score (nSPS) is 16.6. The lowest BCUT2D eigenvalue weighted by Gasteiger charge is -2.27. The molecule has 0 spiro atoms. The molecule has 100 valence electrons. The summed E-state index contributed by atoms with van der Waals surface area (Å²) in [7, 11) is 3.79. The van der Waals surface area contributed by atoms with Crippen molar-refractivity contribution in [3.63, 3.8) is 0 Å². The van der Waals surface area contributed by atoms with Crippen molar-refractivity contribution in [1.82, 2.24) is 15.0 Å². The van der Waals surface area contributed by atoms with Gasteiger partial charge in [0.25, 0.3) is 0 Å². The molecule has 0 saturated heterocycles. The second-order valence-electron chi connectivity index (χ2n) is 4.86. The third kappa shape index (κ3) is 3.45. The van der Waals surface area contributed by atoms with Gasteiger partial charge in [0, 0.05) is 20.6 Å². The molecule has 1 aliphatic carbocycles. The lowest BCUT2D eigenvalue weighted by atomic mass is 9.89. The van der Waals surface area contributed by atoms with Gasteiger partial charge in [-0.25, -0.2) is 0 Å². The fourth-order valence-corrected chi connectivity index (χ4v) is 2.62. The molecular weight excluding hydrogens is 250 g/mol. The molecule has 0 atom stereocenters. The highest BCUT2D eigenvalue weighted by Gasteiger charge is 2.17. The predicted molar refractivity (Wildman–Crippen MR) is 74.2 cm³/mol. The van der Waals surface area contributed by atoms with Crippen molar-refractivity contribution in [3.8, 4) is 0 Å². The molecule has 5 nitrogen and oxygen atoms in total. The third-order valence-electron chi connectivity index (χ3n) is 3.42. The van der Waals surface area contributed by atoms with Crippen LogP contribution in [0.4, 0.5) is 11.9 Å². The Balaban J connectivity index is 2.02. The van der Waals surface area contributed by atoms with Crippen molar-refractivity contribution in [2.45, 2.75) is 32.1 Å². The zero-order chi connectivity index (χ0) is 13.0. The Morgan fingerprint density at radius 3 is 2.61 bits per heavy atom. The van der Waals surface area contributed by atoms with Crippen LogP contribution in [0.25, 0.3) is 0 Å². The summed E-state index contributed by atoms with van der Waals surface area (Å²) in [4.78, 5) is 14.6. The maximum absolute atomic E-state index is 5.89. The molecule has 0 unspecified atom stereocenters. The van der Waals surface area contributed by atoms with Crippen LogP contribution in [0.1, 0.15) is 32.1 Å². The third-order valence-corrected chi connectivity index (χ3v) is 3.59. The molecule has 1 aliphatic rings. The van der Waals surface area contributed by atoms with E-state index in [0.717, 1.165) is 12.5 Å². The van der Waals surface area contributed by atoms with Gasteiger partial charge in [-0.15, -0.1) is 0 Å². The first-order valence-electron chi connectivity index (χ1n) is 6.49. The number of nitrogens with zero attached hydrogens (tertiary/aromatic N) is 4. The standard InChI is InChI=1S/C12H20ClN5/c1-14-11-15-10(13)16-12(17-11)18(2)8-9-6-4-3-5-7-9/h9H,3-8H2,1-2H3,(H,14,15,16,17). The summed E-state index contributed by atoms with van der Waals surface area (Å²) in [5.74, 6) is 1.91. The highest BCUT2D eigenvalue weighted by Crippen LogP contribution is 2.25. The summed E-state index contributed by atoms with van der Waals surface area (Å²) in [5, 5.41) is 3.13. The first-order chi connectivity index (χ1) is 8.69. The summed E-state index contributed by atoms with van der Waals surface area (Å²) in [6, 6.07) is 0. The zero-order valence-electron chi connectivity index (χ0n) is 11.0. The molecule has 0 aromatic carbocycles. The van der Waals surface area contributed by atoms with Crippen molar-refractivity contribution >= 4 is 23.5 Å². The van der Waals surface area contributed by atoms with Gasteiger partial charge >= 0.3 is 0 Å². The highest BCUT2D eigenvalue weighted by atomic mass is 35.5. The number of anilines is 2. The zero-order valence-corrected chi connectivity index (χ0v) is 11.7. The van der Waals surface area contributed by atoms with Crippen molar-refractivity contribution < 1.29 is 0 Å². The molecule has 1 heterocycles. The number of hydrogen-bond donors (Lipinski definition) is 1. The SMILES string of the molecule is CNc1nc(Cl)nc(N(C)CC2CCCCC2)n1. The van der Waals surface area contributed by atoms with Gasteiger partial charge in [-0.3, -0.25) is 0 Å². The molecule has 1 N–H and O–H groups in total. The van der Waals surface area contributed by atoms with Crippen LogP contribution >= 0.6 is 11.6 Å². The molecular formula is C12H20ClN5. The summed E-state index contributed by atoms with van der Waals surface area (Å²) in [6.07, 6.45) is 6.68. The van der Waals surface area contributed by atoms with Crippen LogP contribution in [0.2, 0.25) is 5.28 Å². The van der Waals surface area contributed by atoms with Gasteiger partial charge in [-0.2, -0.15) is 15.0 Å². The Bertz CT molecular complexity index is 392. The molecule has 0 aliphatic heterocycles. The number of nitrogens with one attached hydrogen (secondary N) is 1. The fourth-order valence-electron chi connectivity index (χ4n) is 2.46. The van der Waals surface area contributed by atoms with Gasteiger partial charge in [0.15, 0.2) is 0 Å². The van der Waals surface area contributed by atoms with Crippen LogP contribution in [0, 0.1) is 5.92 Å². The van der Waals surface area contributed by atoms with Crippen LogP contribution in [-0.4, -0.2) is 35.6 Å². The van der Waals surface area contributed by atoms with E-state index in [9.17, 15) is 0 Å². The van der Waals surface area contributed by atoms with Crippen LogP contribution in [0.15, 0.2) is 0 Å². The number of rotatable bonds is 4. The van der Waals surface area contributed by atoms with Gasteiger partial charge in [0.2, 0.25) is 17.2 Å². The van der Waals surface area contributed by atoms with Crippen molar-refractivity contribution in [3.05, 3.63) is 5.28 Å². The van der Waals surface area contributed by atoms with Crippen molar-refractivity contribution in [2.24, 2.45) is 5.92 Å². The Labute approximate surface area is 113 Å². The molecule has 18 heavy (non-hydrogen) atoms. The highest BCUT2D eigenvalue weighted by molar-refractivity contribution is 6.28. The Kier molecular flexibility index (Phi) is 4.58. The lowest BCUT2D eigenvalue weighted by molar-refractivity contribution is 0.361. The van der Waals surface area contributed by atoms with E-state index < -0.39 is 0 Å². The van der Waals surface area contributed by atoms with Gasteiger partial charge < -0.3 is 10.2 Å². The average molecular weight is 270 g/mol. The van der Waals surface area contributed by atoms with Crippen LogP contribution in [-0.2, 0) is 0 Å². The van der Waals surface area contributed by atoms with E-state index in [1.165, 1.54) is 32.1 Å². The second-order valence-corrected chi connectivity index (χ2v) is 5.20. The van der Waals surface area contributed by atoms with Gasteiger partial charge in [-0.1, -0.05) is 19.3 Å². The largest absolute Gasteiger partial charge is 0.357 e. The molecule has 1 saturated carbocycles. The molecule has 6 heteroatoms. The molecule has 1 aromatic rings. The summed E-state index contributed by atoms with van der Waals surface area (Å²) < 4.78 is 0. The van der Waals surface area contributed by atoms with E-state index in [1.54, 1.807) is 7.05 Å². The Hall–Kier alpha value is -1.10. The molecule has 0 bridgehead atoms. The minimum Gasteiger partial charge on any atom is -0.357 e. The van der Waals surface area contributed by atoms with E-state index in [2.05, 4.69) is 25.2 Å². The predicted octanol–water partition coefficient (Wildman–Crippen LogP) is 2.58. The smallest absolute Gasteiger partial charge is 0.231 e. The molecule has 1 aromatic heterocycles. The Morgan fingerprint density at radius 1 is 1.22 bits per heavy atom.